The summed E-state index contributed by atoms with van der Waals surface area (Å²) >= 11 is 0. The summed E-state index contributed by atoms with van der Waals surface area (Å²) < 4.78 is 6.38. The van der Waals surface area contributed by atoms with Crippen molar-refractivity contribution in [2.24, 2.45) is 0 Å². The molecule has 0 unspecified atom stereocenters. The van der Waals surface area contributed by atoms with Crippen LogP contribution in [0, 0.1) is 6.92 Å². The summed E-state index contributed by atoms with van der Waals surface area (Å²) in [5, 5.41) is 28.9. The van der Waals surface area contributed by atoms with Gasteiger partial charge < -0.3 is 20.1 Å². The number of aromatic nitrogens is 2. The highest BCUT2D eigenvalue weighted by molar-refractivity contribution is 5.90. The first kappa shape index (κ1) is 17.5. The quantitative estimate of drug-likeness (QED) is 0.617. The summed E-state index contributed by atoms with van der Waals surface area (Å²) in [7, 11) is 0. The Labute approximate surface area is 132 Å². The smallest absolute Gasteiger partial charge is 0.351 e. The molecule has 0 saturated carbocycles. The van der Waals surface area contributed by atoms with Gasteiger partial charge in [-0.25, -0.2) is 4.79 Å². The minimum Gasteiger partial charge on any atom is -0.394 e. The fourth-order valence-electron chi connectivity index (χ4n) is 2.65. The summed E-state index contributed by atoms with van der Waals surface area (Å²) in [4.78, 5) is 29.1. The van der Waals surface area contributed by atoms with Crippen molar-refractivity contribution in [2.75, 3.05) is 18.1 Å². The lowest BCUT2D eigenvalue weighted by Gasteiger charge is -2.22. The van der Waals surface area contributed by atoms with Gasteiger partial charge in [0.1, 0.15) is 24.1 Å². The SMILES string of the molecule is CCN(C(C)=O)c1nc(=O)n([C@@H]2O[C@H](CO)[C@@H](O)[C@@H]2O)cc1C. The number of nitrogens with zero attached hydrogens (tertiary/aromatic N) is 3. The van der Waals surface area contributed by atoms with Crippen LogP contribution < -0.4 is 10.6 Å². The Hall–Kier alpha value is -1.81. The van der Waals surface area contributed by atoms with Gasteiger partial charge in [0.15, 0.2) is 6.23 Å². The van der Waals surface area contributed by atoms with Gasteiger partial charge in [0.25, 0.3) is 0 Å². The van der Waals surface area contributed by atoms with E-state index in [4.69, 9.17) is 9.84 Å². The number of anilines is 1. The molecule has 23 heavy (non-hydrogen) atoms. The number of carbonyl (C=O) groups excluding carboxylic acids is 1. The summed E-state index contributed by atoms with van der Waals surface area (Å²) in [5.74, 6) is 0.00108. The van der Waals surface area contributed by atoms with Crippen molar-refractivity contribution in [3.05, 3.63) is 22.2 Å². The van der Waals surface area contributed by atoms with Crippen LogP contribution >= 0.6 is 0 Å². The lowest BCUT2D eigenvalue weighted by molar-refractivity contribution is -0.116. The summed E-state index contributed by atoms with van der Waals surface area (Å²) in [6, 6.07) is 0. The van der Waals surface area contributed by atoms with Crippen LogP contribution in [0.3, 0.4) is 0 Å². The number of ether oxygens (including phenoxy) is 1. The Balaban J connectivity index is 2.42. The van der Waals surface area contributed by atoms with E-state index in [0.29, 0.717) is 12.1 Å². The maximum atomic E-state index is 12.2. The van der Waals surface area contributed by atoms with Gasteiger partial charge in [-0.1, -0.05) is 0 Å². The van der Waals surface area contributed by atoms with E-state index < -0.39 is 36.8 Å². The van der Waals surface area contributed by atoms with Gasteiger partial charge in [-0.05, 0) is 13.8 Å². The normalized spacial score (nSPS) is 27.2. The third kappa shape index (κ3) is 3.13. The van der Waals surface area contributed by atoms with Crippen molar-refractivity contribution in [3.63, 3.8) is 0 Å². The van der Waals surface area contributed by atoms with Gasteiger partial charge in [-0.15, -0.1) is 0 Å². The molecule has 2 heterocycles. The number of aryl methyl sites for hydroxylation is 1. The molecule has 4 atom stereocenters. The Morgan fingerprint density at radius 1 is 1.43 bits per heavy atom. The van der Waals surface area contributed by atoms with Crippen molar-refractivity contribution >= 4 is 11.7 Å². The van der Waals surface area contributed by atoms with Gasteiger partial charge in [0.05, 0.1) is 6.61 Å². The first-order valence-corrected chi connectivity index (χ1v) is 7.32. The van der Waals surface area contributed by atoms with Crippen LogP contribution in [0.1, 0.15) is 25.6 Å². The molecule has 1 saturated heterocycles. The van der Waals surface area contributed by atoms with Gasteiger partial charge in [0, 0.05) is 25.2 Å². The number of rotatable bonds is 4. The highest BCUT2D eigenvalue weighted by Crippen LogP contribution is 2.29. The maximum Gasteiger partial charge on any atom is 0.351 e. The van der Waals surface area contributed by atoms with Crippen molar-refractivity contribution in [3.8, 4) is 0 Å². The van der Waals surface area contributed by atoms with Crippen LogP contribution in [0.4, 0.5) is 5.82 Å². The molecule has 2 rings (SSSR count). The van der Waals surface area contributed by atoms with Crippen molar-refractivity contribution in [1.82, 2.24) is 9.55 Å². The van der Waals surface area contributed by atoms with Gasteiger partial charge in [-0.2, -0.15) is 4.98 Å². The maximum absolute atomic E-state index is 12.2. The molecular weight excluding hydrogens is 306 g/mol. The molecule has 0 radical (unpaired) electrons. The van der Waals surface area contributed by atoms with E-state index in [1.807, 2.05) is 0 Å². The number of aliphatic hydroxyl groups excluding tert-OH is 3. The Kier molecular flexibility index (Phi) is 5.15. The molecule has 1 fully saturated rings. The molecule has 1 aliphatic rings. The van der Waals surface area contributed by atoms with Crippen LogP contribution in [0.25, 0.3) is 0 Å². The van der Waals surface area contributed by atoms with Crippen LogP contribution in [0.5, 0.6) is 0 Å². The molecule has 1 aromatic rings. The number of hydrogen-bond donors (Lipinski definition) is 3. The molecule has 1 amide bonds. The zero-order valence-electron chi connectivity index (χ0n) is 13.2. The van der Waals surface area contributed by atoms with Crippen LogP contribution in [-0.4, -0.2) is 62.2 Å². The van der Waals surface area contributed by atoms with Crippen molar-refractivity contribution in [2.45, 2.75) is 45.3 Å². The Bertz CT molecular complexity index is 646. The minimum absolute atomic E-state index is 0.242. The van der Waals surface area contributed by atoms with Crippen LogP contribution in [0.15, 0.2) is 11.0 Å². The third-order valence-corrected chi connectivity index (χ3v) is 3.85. The topological polar surface area (TPSA) is 125 Å². The fraction of sp³-hybridized carbons (Fsp3) is 0.643. The van der Waals surface area contributed by atoms with E-state index >= 15 is 0 Å². The highest BCUT2D eigenvalue weighted by Gasteiger charge is 2.43. The molecule has 1 aliphatic heterocycles. The van der Waals surface area contributed by atoms with E-state index in [2.05, 4.69) is 4.98 Å². The number of aliphatic hydroxyl groups is 3. The standard InChI is InChI=1S/C14H21N3O6/c1-4-16(8(3)19)12-7(2)5-17(14(22)15-12)13-11(21)10(20)9(6-18)23-13/h5,9-11,13,18,20-21H,4,6H2,1-3H3/t9-,10-,11+,13-/m1/s1. The molecule has 0 bridgehead atoms. The number of amides is 1. The Morgan fingerprint density at radius 3 is 2.57 bits per heavy atom. The molecular formula is C14H21N3O6. The second kappa shape index (κ2) is 6.75. The molecule has 0 aliphatic carbocycles. The van der Waals surface area contributed by atoms with E-state index in [-0.39, 0.29) is 11.7 Å². The molecule has 1 aromatic heterocycles. The predicted octanol–water partition coefficient (Wildman–Crippen LogP) is -1.46. The number of hydrogen-bond acceptors (Lipinski definition) is 7. The van der Waals surface area contributed by atoms with Gasteiger partial charge in [-0.3, -0.25) is 14.3 Å². The molecule has 3 N–H and O–H groups in total. The Morgan fingerprint density at radius 2 is 2.09 bits per heavy atom. The van der Waals surface area contributed by atoms with E-state index in [1.54, 1.807) is 13.8 Å². The van der Waals surface area contributed by atoms with E-state index in [0.717, 1.165) is 4.57 Å². The summed E-state index contributed by atoms with van der Waals surface area (Å²) in [6.45, 7) is 4.69. The van der Waals surface area contributed by atoms with Gasteiger partial charge >= 0.3 is 5.69 Å². The molecule has 9 nitrogen and oxygen atoms in total. The van der Waals surface area contributed by atoms with Crippen LogP contribution in [0.2, 0.25) is 0 Å². The summed E-state index contributed by atoms with van der Waals surface area (Å²) in [5.41, 5.74) is -0.181. The van der Waals surface area contributed by atoms with Gasteiger partial charge in [0.2, 0.25) is 5.91 Å². The highest BCUT2D eigenvalue weighted by atomic mass is 16.6. The second-order valence-corrected chi connectivity index (χ2v) is 5.43. The molecule has 128 valence electrons. The zero-order valence-corrected chi connectivity index (χ0v) is 13.2. The zero-order chi connectivity index (χ0) is 17.3. The molecule has 0 aromatic carbocycles. The predicted molar refractivity (Wildman–Crippen MR) is 79.9 cm³/mol. The first-order valence-electron chi connectivity index (χ1n) is 7.32. The lowest BCUT2D eigenvalue weighted by Crippen LogP contribution is -2.38. The lowest BCUT2D eigenvalue weighted by atomic mass is 10.1. The van der Waals surface area contributed by atoms with E-state index in [1.165, 1.54) is 18.0 Å². The fourth-order valence-corrected chi connectivity index (χ4v) is 2.65. The molecule has 0 spiro atoms. The van der Waals surface area contributed by atoms with E-state index in [9.17, 15) is 19.8 Å². The molecule has 9 heteroatoms. The number of carbonyl (C=O) groups is 1. The van der Waals surface area contributed by atoms with Crippen LogP contribution in [-0.2, 0) is 9.53 Å². The summed E-state index contributed by atoms with van der Waals surface area (Å²) in [6.07, 6.45) is -3.39. The second-order valence-electron chi connectivity index (χ2n) is 5.43. The average Bonchev–Trinajstić information content (AvgIpc) is 2.78. The monoisotopic (exact) mass is 327 g/mol. The third-order valence-electron chi connectivity index (χ3n) is 3.85. The van der Waals surface area contributed by atoms with Crippen molar-refractivity contribution in [1.29, 1.82) is 0 Å². The largest absolute Gasteiger partial charge is 0.394 e. The first-order chi connectivity index (χ1) is 10.8. The van der Waals surface area contributed by atoms with Crippen molar-refractivity contribution < 1.29 is 24.9 Å². The average molecular weight is 327 g/mol. The minimum atomic E-state index is -1.37.